The average molecular weight is 259 g/mol. The molecule has 1 aliphatic carbocycles. The zero-order valence-electron chi connectivity index (χ0n) is 11.4. The van der Waals surface area contributed by atoms with Gasteiger partial charge in [0, 0.05) is 25.7 Å². The molecule has 2 aliphatic rings. The van der Waals surface area contributed by atoms with Gasteiger partial charge in [-0.25, -0.2) is 4.98 Å². The Morgan fingerprint density at radius 1 is 1.32 bits per heavy atom. The van der Waals surface area contributed by atoms with Crippen LogP contribution in [0.15, 0.2) is 18.3 Å². The van der Waals surface area contributed by atoms with E-state index in [1.807, 2.05) is 17.2 Å². The van der Waals surface area contributed by atoms with E-state index in [9.17, 15) is 4.79 Å². The van der Waals surface area contributed by atoms with Gasteiger partial charge in [-0.15, -0.1) is 0 Å². The first-order chi connectivity index (χ1) is 9.24. The van der Waals surface area contributed by atoms with Crippen LogP contribution in [0, 0.1) is 0 Å². The summed E-state index contributed by atoms with van der Waals surface area (Å²) in [6.07, 6.45) is 7.90. The number of nitrogens with one attached hydrogen (secondary N) is 1. The number of aromatic nitrogens is 1. The zero-order chi connectivity index (χ0) is 13.2. The maximum atomic E-state index is 11.6. The second-order valence-corrected chi connectivity index (χ2v) is 5.62. The van der Waals surface area contributed by atoms with Crippen LogP contribution in [0.4, 0.5) is 5.82 Å². The topological polar surface area (TPSA) is 45.2 Å². The van der Waals surface area contributed by atoms with E-state index < -0.39 is 0 Å². The van der Waals surface area contributed by atoms with E-state index in [0.29, 0.717) is 6.04 Å². The Balaban J connectivity index is 1.69. The second kappa shape index (κ2) is 5.19. The molecule has 1 aromatic heterocycles. The minimum Gasteiger partial charge on any atom is -0.367 e. The second-order valence-electron chi connectivity index (χ2n) is 5.62. The van der Waals surface area contributed by atoms with Crippen LogP contribution >= 0.6 is 0 Å². The van der Waals surface area contributed by atoms with Crippen molar-refractivity contribution in [3.05, 3.63) is 23.9 Å². The van der Waals surface area contributed by atoms with Crippen LogP contribution in [0.25, 0.3) is 0 Å². The van der Waals surface area contributed by atoms with E-state index in [4.69, 9.17) is 0 Å². The van der Waals surface area contributed by atoms with Gasteiger partial charge in [0.1, 0.15) is 5.82 Å². The fraction of sp³-hybridized carbons (Fsp3) is 0.600. The first kappa shape index (κ1) is 12.5. The number of likely N-dealkylation sites (tertiary alicyclic amines) is 1. The van der Waals surface area contributed by atoms with Crippen molar-refractivity contribution in [1.82, 2.24) is 9.88 Å². The Kier molecular flexibility index (Phi) is 3.40. The highest BCUT2D eigenvalue weighted by Gasteiger charge is 2.28. The van der Waals surface area contributed by atoms with Crippen LogP contribution in [0.3, 0.4) is 0 Å². The molecular formula is C15H21N3O. The van der Waals surface area contributed by atoms with E-state index in [2.05, 4.69) is 16.4 Å². The molecular weight excluding hydrogens is 238 g/mol. The summed E-state index contributed by atoms with van der Waals surface area (Å²) in [5.41, 5.74) is 1.16. The minimum atomic E-state index is 0.166. The number of hydrogen-bond donors (Lipinski definition) is 1. The maximum absolute atomic E-state index is 11.6. The lowest BCUT2D eigenvalue weighted by Gasteiger charge is -2.27. The average Bonchev–Trinajstić information content (AvgIpc) is 2.84. The fourth-order valence-corrected chi connectivity index (χ4v) is 2.94. The minimum absolute atomic E-state index is 0.166. The van der Waals surface area contributed by atoms with Crippen LogP contribution < -0.4 is 5.32 Å². The van der Waals surface area contributed by atoms with Gasteiger partial charge >= 0.3 is 0 Å². The van der Waals surface area contributed by atoms with Crippen LogP contribution in [-0.4, -0.2) is 28.4 Å². The summed E-state index contributed by atoms with van der Waals surface area (Å²) in [7, 11) is 0. The molecule has 4 heteroatoms. The Hall–Kier alpha value is -1.58. The Labute approximate surface area is 114 Å². The van der Waals surface area contributed by atoms with Crippen molar-refractivity contribution in [3.8, 4) is 0 Å². The number of carbonyl (C=O) groups is 1. The smallest absolute Gasteiger partial charge is 0.219 e. The summed E-state index contributed by atoms with van der Waals surface area (Å²) in [5.74, 6) is 1.12. The number of rotatable bonds is 3. The number of anilines is 1. The van der Waals surface area contributed by atoms with Crippen LogP contribution in [0.5, 0.6) is 0 Å². The summed E-state index contributed by atoms with van der Waals surface area (Å²) >= 11 is 0. The molecule has 0 spiro atoms. The molecule has 19 heavy (non-hydrogen) atoms. The molecule has 1 saturated heterocycles. The van der Waals surface area contributed by atoms with Crippen LogP contribution in [-0.2, 0) is 4.79 Å². The van der Waals surface area contributed by atoms with E-state index in [1.165, 1.54) is 19.3 Å². The van der Waals surface area contributed by atoms with Crippen LogP contribution in [0.2, 0.25) is 0 Å². The van der Waals surface area contributed by atoms with Gasteiger partial charge < -0.3 is 10.2 Å². The number of amides is 1. The van der Waals surface area contributed by atoms with Gasteiger partial charge in [-0.05, 0) is 43.7 Å². The summed E-state index contributed by atoms with van der Waals surface area (Å²) in [5, 5.41) is 3.44. The molecule has 0 radical (unpaired) electrons. The Morgan fingerprint density at radius 3 is 2.74 bits per heavy atom. The lowest BCUT2D eigenvalue weighted by Crippen LogP contribution is -2.28. The molecule has 3 rings (SSSR count). The Bertz CT molecular complexity index is 453. The molecule has 2 fully saturated rings. The van der Waals surface area contributed by atoms with Gasteiger partial charge in [0.2, 0.25) is 5.91 Å². The van der Waals surface area contributed by atoms with Gasteiger partial charge in [-0.3, -0.25) is 4.79 Å². The highest BCUT2D eigenvalue weighted by atomic mass is 16.2. The number of carbonyl (C=O) groups excluding carboxylic acids is 1. The van der Waals surface area contributed by atoms with Gasteiger partial charge in [-0.1, -0.05) is 6.07 Å². The summed E-state index contributed by atoms with van der Waals surface area (Å²) in [4.78, 5) is 18.0. The first-order valence-electron chi connectivity index (χ1n) is 7.24. The SMILES string of the molecule is CC(=O)N1CCC[C@H]1c1ccc(NC2CCC2)nc1. The zero-order valence-corrected chi connectivity index (χ0v) is 11.4. The van der Waals surface area contributed by atoms with Crippen molar-refractivity contribution in [2.45, 2.75) is 51.1 Å². The molecule has 102 valence electrons. The van der Waals surface area contributed by atoms with E-state index in [1.54, 1.807) is 6.92 Å². The summed E-state index contributed by atoms with van der Waals surface area (Å²) in [6.45, 7) is 2.53. The predicted octanol–water partition coefficient (Wildman–Crippen LogP) is 2.73. The van der Waals surface area contributed by atoms with E-state index in [0.717, 1.165) is 30.8 Å². The number of pyridine rings is 1. The van der Waals surface area contributed by atoms with Crippen LogP contribution in [0.1, 0.15) is 50.6 Å². The molecule has 1 N–H and O–H groups in total. The third kappa shape index (κ3) is 2.57. The van der Waals surface area contributed by atoms with Crippen molar-refractivity contribution in [1.29, 1.82) is 0 Å². The molecule has 4 nitrogen and oxygen atoms in total. The number of hydrogen-bond acceptors (Lipinski definition) is 3. The normalized spacial score (nSPS) is 23.2. The third-order valence-electron chi connectivity index (χ3n) is 4.29. The van der Waals surface area contributed by atoms with Crippen molar-refractivity contribution in [2.24, 2.45) is 0 Å². The molecule has 1 atom stereocenters. The van der Waals surface area contributed by atoms with Crippen molar-refractivity contribution in [2.75, 3.05) is 11.9 Å². The van der Waals surface area contributed by atoms with Gasteiger partial charge in [0.15, 0.2) is 0 Å². The molecule has 0 unspecified atom stereocenters. The highest BCUT2D eigenvalue weighted by Crippen LogP contribution is 2.32. The molecule has 1 aliphatic heterocycles. The molecule has 0 aromatic carbocycles. The van der Waals surface area contributed by atoms with Gasteiger partial charge in [0.05, 0.1) is 6.04 Å². The van der Waals surface area contributed by atoms with Crippen molar-refractivity contribution in [3.63, 3.8) is 0 Å². The van der Waals surface area contributed by atoms with Gasteiger partial charge in [0.25, 0.3) is 0 Å². The lowest BCUT2D eigenvalue weighted by atomic mass is 9.93. The Morgan fingerprint density at radius 2 is 2.16 bits per heavy atom. The van der Waals surface area contributed by atoms with Gasteiger partial charge in [-0.2, -0.15) is 0 Å². The molecule has 1 amide bonds. The first-order valence-corrected chi connectivity index (χ1v) is 7.24. The lowest BCUT2D eigenvalue weighted by molar-refractivity contribution is -0.129. The predicted molar refractivity (Wildman–Crippen MR) is 74.9 cm³/mol. The highest BCUT2D eigenvalue weighted by molar-refractivity contribution is 5.74. The third-order valence-corrected chi connectivity index (χ3v) is 4.29. The largest absolute Gasteiger partial charge is 0.367 e. The summed E-state index contributed by atoms with van der Waals surface area (Å²) in [6, 6.07) is 4.99. The van der Waals surface area contributed by atoms with Crippen molar-refractivity contribution >= 4 is 11.7 Å². The van der Waals surface area contributed by atoms with E-state index in [-0.39, 0.29) is 11.9 Å². The standard InChI is InChI=1S/C15H21N3O/c1-11(19)18-9-3-6-14(18)12-7-8-15(16-10-12)17-13-4-2-5-13/h7-8,10,13-14H,2-6,9H2,1H3,(H,16,17)/t14-/m0/s1. The van der Waals surface area contributed by atoms with E-state index >= 15 is 0 Å². The molecule has 0 bridgehead atoms. The quantitative estimate of drug-likeness (QED) is 0.907. The fourth-order valence-electron chi connectivity index (χ4n) is 2.94. The monoisotopic (exact) mass is 259 g/mol. The molecule has 1 saturated carbocycles. The molecule has 1 aromatic rings. The summed E-state index contributed by atoms with van der Waals surface area (Å²) < 4.78 is 0. The molecule has 2 heterocycles. The van der Waals surface area contributed by atoms with Crippen molar-refractivity contribution < 1.29 is 4.79 Å². The number of nitrogens with zero attached hydrogens (tertiary/aromatic N) is 2. The maximum Gasteiger partial charge on any atom is 0.219 e.